The average molecular weight is 274 g/mol. The number of benzene rings is 1. The summed E-state index contributed by atoms with van der Waals surface area (Å²) in [5, 5.41) is 8.86. The topological polar surface area (TPSA) is 37.3 Å². The molecule has 2 nitrogen and oxygen atoms in total. The van der Waals surface area contributed by atoms with E-state index in [9.17, 15) is 18.0 Å². The summed E-state index contributed by atoms with van der Waals surface area (Å²) in [5.74, 6) is -0.906. The van der Waals surface area contributed by atoms with Crippen LogP contribution in [0.25, 0.3) is 0 Å². The molecule has 1 atom stereocenters. The summed E-state index contributed by atoms with van der Waals surface area (Å²) < 4.78 is 37.3. The summed E-state index contributed by atoms with van der Waals surface area (Å²) in [4.78, 5) is 10.8. The lowest BCUT2D eigenvalue weighted by molar-refractivity contribution is -0.138. The molecule has 0 bridgehead atoms. The fraction of sp³-hybridized carbons (Fsp3) is 0.500. The number of aliphatic carboxylic acids is 1. The average Bonchev–Trinajstić information content (AvgIpc) is 2.26. The number of hydrogen-bond acceptors (Lipinski definition) is 1. The summed E-state index contributed by atoms with van der Waals surface area (Å²) in [6.07, 6.45) is -3.79. The summed E-state index contributed by atoms with van der Waals surface area (Å²) in [5.41, 5.74) is -0.0704. The van der Waals surface area contributed by atoms with Crippen LogP contribution >= 0.6 is 0 Å². The van der Waals surface area contributed by atoms with Crippen LogP contribution in [0.3, 0.4) is 0 Å². The third-order valence-electron chi connectivity index (χ3n) is 2.89. The van der Waals surface area contributed by atoms with Gasteiger partial charge in [0.25, 0.3) is 0 Å². The fourth-order valence-electron chi connectivity index (χ4n) is 2.06. The molecule has 106 valence electrons. The Kier molecular flexibility index (Phi) is 4.97. The molecule has 19 heavy (non-hydrogen) atoms. The van der Waals surface area contributed by atoms with E-state index in [1.54, 1.807) is 0 Å². The second-order valence-corrected chi connectivity index (χ2v) is 5.04. The van der Waals surface area contributed by atoms with E-state index in [0.717, 1.165) is 12.1 Å². The van der Waals surface area contributed by atoms with Gasteiger partial charge in [-0.1, -0.05) is 26.0 Å². The van der Waals surface area contributed by atoms with Crippen molar-refractivity contribution in [1.29, 1.82) is 0 Å². The molecule has 0 fully saturated rings. The van der Waals surface area contributed by atoms with Gasteiger partial charge in [-0.25, -0.2) is 0 Å². The minimum Gasteiger partial charge on any atom is -0.481 e. The Morgan fingerprint density at radius 1 is 1.21 bits per heavy atom. The van der Waals surface area contributed by atoms with Gasteiger partial charge in [-0.15, -0.1) is 0 Å². The molecule has 0 aliphatic carbocycles. The van der Waals surface area contributed by atoms with E-state index in [-0.39, 0.29) is 18.3 Å². The maximum atomic E-state index is 12.4. The van der Waals surface area contributed by atoms with Crippen molar-refractivity contribution in [3.8, 4) is 0 Å². The van der Waals surface area contributed by atoms with Gasteiger partial charge in [-0.05, 0) is 36.0 Å². The van der Waals surface area contributed by atoms with Crippen molar-refractivity contribution < 1.29 is 23.1 Å². The first-order valence-corrected chi connectivity index (χ1v) is 6.09. The lowest BCUT2D eigenvalue weighted by Crippen LogP contribution is -2.10. The molecular formula is C14H17F3O2. The summed E-state index contributed by atoms with van der Waals surface area (Å²) in [6, 6.07) is 4.76. The van der Waals surface area contributed by atoms with Gasteiger partial charge in [0.2, 0.25) is 0 Å². The Morgan fingerprint density at radius 3 is 2.11 bits per heavy atom. The third-order valence-corrected chi connectivity index (χ3v) is 2.89. The molecule has 0 heterocycles. The normalized spacial score (nSPS) is 13.6. The Bertz CT molecular complexity index is 421. The first kappa shape index (κ1) is 15.5. The molecule has 0 aromatic heterocycles. The minimum absolute atomic E-state index is 0.0659. The molecule has 0 aliphatic rings. The zero-order chi connectivity index (χ0) is 14.6. The fourth-order valence-corrected chi connectivity index (χ4v) is 2.06. The highest BCUT2D eigenvalue weighted by atomic mass is 19.4. The molecule has 1 aromatic rings. The summed E-state index contributed by atoms with van der Waals surface area (Å²) >= 11 is 0. The molecular weight excluding hydrogens is 257 g/mol. The van der Waals surface area contributed by atoms with Gasteiger partial charge in [0.1, 0.15) is 0 Å². The van der Waals surface area contributed by atoms with E-state index < -0.39 is 17.7 Å². The largest absolute Gasteiger partial charge is 0.481 e. The SMILES string of the molecule is CC(C)CC(CC(=O)O)c1ccc(C(F)(F)F)cc1. The number of alkyl halides is 3. The standard InChI is InChI=1S/C14H17F3O2/c1-9(2)7-11(8-13(18)19)10-3-5-12(6-4-10)14(15,16)17/h3-6,9,11H,7-8H2,1-2H3,(H,18,19). The van der Waals surface area contributed by atoms with Crippen molar-refractivity contribution in [2.45, 2.75) is 38.8 Å². The second-order valence-electron chi connectivity index (χ2n) is 5.04. The van der Waals surface area contributed by atoms with Gasteiger partial charge in [-0.2, -0.15) is 13.2 Å². The third kappa shape index (κ3) is 4.93. The van der Waals surface area contributed by atoms with Gasteiger partial charge < -0.3 is 5.11 Å². The zero-order valence-corrected chi connectivity index (χ0v) is 10.9. The highest BCUT2D eigenvalue weighted by molar-refractivity contribution is 5.68. The van der Waals surface area contributed by atoms with Crippen molar-refractivity contribution in [2.75, 3.05) is 0 Å². The van der Waals surface area contributed by atoms with Gasteiger partial charge in [0.15, 0.2) is 0 Å². The highest BCUT2D eigenvalue weighted by Gasteiger charge is 2.30. The van der Waals surface area contributed by atoms with Crippen LogP contribution in [0.1, 0.15) is 43.7 Å². The van der Waals surface area contributed by atoms with Crippen molar-refractivity contribution in [1.82, 2.24) is 0 Å². The van der Waals surface area contributed by atoms with Crippen LogP contribution in [-0.2, 0) is 11.0 Å². The summed E-state index contributed by atoms with van der Waals surface area (Å²) in [7, 11) is 0. The number of halogens is 3. The van der Waals surface area contributed by atoms with Crippen LogP contribution in [-0.4, -0.2) is 11.1 Å². The van der Waals surface area contributed by atoms with Crippen LogP contribution in [0.15, 0.2) is 24.3 Å². The van der Waals surface area contributed by atoms with Crippen LogP contribution < -0.4 is 0 Å². The van der Waals surface area contributed by atoms with Crippen LogP contribution in [0, 0.1) is 5.92 Å². The number of carbonyl (C=O) groups is 1. The molecule has 5 heteroatoms. The molecule has 0 saturated heterocycles. The predicted octanol–water partition coefficient (Wildman–Crippen LogP) is 4.31. The second kappa shape index (κ2) is 6.08. The van der Waals surface area contributed by atoms with Gasteiger partial charge in [-0.3, -0.25) is 4.79 Å². The number of hydrogen-bond donors (Lipinski definition) is 1. The van der Waals surface area contributed by atoms with E-state index in [2.05, 4.69) is 0 Å². The van der Waals surface area contributed by atoms with Crippen LogP contribution in [0.2, 0.25) is 0 Å². The number of carboxylic acid groups (broad SMARTS) is 1. The first-order valence-electron chi connectivity index (χ1n) is 6.09. The van der Waals surface area contributed by atoms with Crippen LogP contribution in [0.4, 0.5) is 13.2 Å². The Morgan fingerprint density at radius 2 is 1.74 bits per heavy atom. The lowest BCUT2D eigenvalue weighted by Gasteiger charge is -2.18. The number of carboxylic acids is 1. The van der Waals surface area contributed by atoms with E-state index in [1.165, 1.54) is 12.1 Å². The summed E-state index contributed by atoms with van der Waals surface area (Å²) in [6.45, 7) is 3.91. The molecule has 0 amide bonds. The van der Waals surface area contributed by atoms with Crippen LogP contribution in [0.5, 0.6) is 0 Å². The first-order chi connectivity index (χ1) is 8.70. The number of rotatable bonds is 5. The molecule has 0 spiro atoms. The zero-order valence-electron chi connectivity index (χ0n) is 10.9. The Labute approximate surface area is 110 Å². The monoisotopic (exact) mass is 274 g/mol. The lowest BCUT2D eigenvalue weighted by atomic mass is 9.87. The van der Waals surface area contributed by atoms with E-state index in [0.29, 0.717) is 12.0 Å². The maximum absolute atomic E-state index is 12.4. The molecule has 1 rings (SSSR count). The highest BCUT2D eigenvalue weighted by Crippen LogP contribution is 2.32. The van der Waals surface area contributed by atoms with E-state index in [1.807, 2.05) is 13.8 Å². The molecule has 0 aliphatic heterocycles. The van der Waals surface area contributed by atoms with E-state index >= 15 is 0 Å². The van der Waals surface area contributed by atoms with Crippen molar-refractivity contribution >= 4 is 5.97 Å². The van der Waals surface area contributed by atoms with Crippen molar-refractivity contribution in [2.24, 2.45) is 5.92 Å². The molecule has 0 radical (unpaired) electrons. The van der Waals surface area contributed by atoms with Gasteiger partial charge in [0.05, 0.1) is 12.0 Å². The molecule has 1 N–H and O–H groups in total. The van der Waals surface area contributed by atoms with Gasteiger partial charge >= 0.3 is 12.1 Å². The molecule has 1 aromatic carbocycles. The van der Waals surface area contributed by atoms with Crippen molar-refractivity contribution in [3.63, 3.8) is 0 Å². The van der Waals surface area contributed by atoms with Gasteiger partial charge in [0, 0.05) is 0 Å². The maximum Gasteiger partial charge on any atom is 0.416 e. The Balaban J connectivity index is 2.93. The molecule has 0 saturated carbocycles. The van der Waals surface area contributed by atoms with Crippen molar-refractivity contribution in [3.05, 3.63) is 35.4 Å². The molecule has 1 unspecified atom stereocenters. The Hall–Kier alpha value is -1.52. The van der Waals surface area contributed by atoms with E-state index in [4.69, 9.17) is 5.11 Å². The quantitative estimate of drug-likeness (QED) is 0.868. The minimum atomic E-state index is -4.36. The smallest absolute Gasteiger partial charge is 0.416 e. The predicted molar refractivity (Wildman–Crippen MR) is 65.9 cm³/mol.